The van der Waals surface area contributed by atoms with Gasteiger partial charge in [0.05, 0.1) is 6.54 Å². The van der Waals surface area contributed by atoms with Gasteiger partial charge in [-0.05, 0) is 40.3 Å². The van der Waals surface area contributed by atoms with E-state index in [1.807, 2.05) is 26.8 Å². The second-order valence-corrected chi connectivity index (χ2v) is 7.50. The van der Waals surface area contributed by atoms with Gasteiger partial charge in [0.2, 0.25) is 0 Å². The first-order valence-electron chi connectivity index (χ1n) is 10.1. The van der Waals surface area contributed by atoms with Crippen molar-refractivity contribution >= 4 is 29.9 Å². The molecule has 3 N–H and O–H groups in total. The molecule has 0 saturated carbocycles. The van der Waals surface area contributed by atoms with E-state index in [9.17, 15) is 5.11 Å². The minimum atomic E-state index is -1.05. The number of hydrogen-bond acceptors (Lipinski definition) is 5. The summed E-state index contributed by atoms with van der Waals surface area (Å²) in [6, 6.07) is 1.89. The number of nitrogens with zero attached hydrogens (tertiary/aromatic N) is 3. The van der Waals surface area contributed by atoms with Crippen molar-refractivity contribution in [3.05, 3.63) is 23.2 Å². The summed E-state index contributed by atoms with van der Waals surface area (Å²) >= 11 is 0. The standard InChI is InChI=1S/C20H37N5O2.HI/c1-6-21-19(22-8-9-25-12-10-24(7-2)11-13-25)23-15-20(5,26)18-14-16(3)27-17(18)4;/h14,26H,6-13,15H2,1-5H3,(H2,21,22,23);1H. The van der Waals surface area contributed by atoms with Crippen LogP contribution in [0.5, 0.6) is 0 Å². The van der Waals surface area contributed by atoms with Gasteiger partial charge in [0.25, 0.3) is 0 Å². The molecule has 28 heavy (non-hydrogen) atoms. The van der Waals surface area contributed by atoms with Crippen LogP contribution in [0.3, 0.4) is 0 Å². The average Bonchev–Trinajstić information content (AvgIpc) is 2.99. The summed E-state index contributed by atoms with van der Waals surface area (Å²) in [5, 5.41) is 17.5. The van der Waals surface area contributed by atoms with Gasteiger partial charge in [0.15, 0.2) is 5.96 Å². The Morgan fingerprint density at radius 2 is 1.82 bits per heavy atom. The van der Waals surface area contributed by atoms with Gasteiger partial charge in [0.1, 0.15) is 17.1 Å². The molecule has 2 heterocycles. The van der Waals surface area contributed by atoms with Crippen LogP contribution in [0.25, 0.3) is 0 Å². The Balaban J connectivity index is 0.00000392. The maximum Gasteiger partial charge on any atom is 0.191 e. The molecule has 0 amide bonds. The highest BCUT2D eigenvalue weighted by Crippen LogP contribution is 2.27. The molecular weight excluding hydrogens is 469 g/mol. The Morgan fingerprint density at radius 3 is 2.36 bits per heavy atom. The normalized spacial score (nSPS) is 18.4. The molecule has 2 rings (SSSR count). The quantitative estimate of drug-likeness (QED) is 0.284. The SMILES string of the molecule is CCNC(=NCC(C)(O)c1cc(C)oc1C)NCCN1CCN(CC)CC1.I. The Morgan fingerprint density at radius 1 is 1.18 bits per heavy atom. The molecule has 1 aliphatic heterocycles. The lowest BCUT2D eigenvalue weighted by Gasteiger charge is -2.34. The topological polar surface area (TPSA) is 76.3 Å². The van der Waals surface area contributed by atoms with E-state index in [-0.39, 0.29) is 30.5 Å². The number of nitrogens with one attached hydrogen (secondary N) is 2. The number of aryl methyl sites for hydroxylation is 2. The fourth-order valence-corrected chi connectivity index (χ4v) is 3.49. The zero-order chi connectivity index (χ0) is 19.9. The zero-order valence-electron chi connectivity index (χ0n) is 18.0. The maximum atomic E-state index is 10.8. The molecule has 0 bridgehead atoms. The number of furan rings is 1. The highest BCUT2D eigenvalue weighted by molar-refractivity contribution is 14.0. The van der Waals surface area contributed by atoms with Crippen LogP contribution in [0.1, 0.15) is 37.9 Å². The minimum absolute atomic E-state index is 0. The van der Waals surface area contributed by atoms with Crippen molar-refractivity contribution in [2.45, 2.75) is 40.2 Å². The molecule has 0 radical (unpaired) electrons. The lowest BCUT2D eigenvalue weighted by molar-refractivity contribution is 0.0657. The number of rotatable bonds is 8. The monoisotopic (exact) mass is 507 g/mol. The highest BCUT2D eigenvalue weighted by atomic mass is 127. The number of aliphatic imine (C=N–C) groups is 1. The van der Waals surface area contributed by atoms with E-state index >= 15 is 0 Å². The van der Waals surface area contributed by atoms with Gasteiger partial charge >= 0.3 is 0 Å². The fourth-order valence-electron chi connectivity index (χ4n) is 3.49. The van der Waals surface area contributed by atoms with Gasteiger partial charge in [-0.3, -0.25) is 4.90 Å². The summed E-state index contributed by atoms with van der Waals surface area (Å²) < 4.78 is 5.55. The third-order valence-corrected chi connectivity index (χ3v) is 5.14. The molecule has 7 nitrogen and oxygen atoms in total. The highest BCUT2D eigenvalue weighted by Gasteiger charge is 2.27. The van der Waals surface area contributed by atoms with E-state index in [2.05, 4.69) is 32.3 Å². The molecule has 1 atom stereocenters. The van der Waals surface area contributed by atoms with Gasteiger partial charge < -0.3 is 25.1 Å². The van der Waals surface area contributed by atoms with Crippen molar-refractivity contribution in [2.75, 3.05) is 58.9 Å². The Labute approximate surface area is 187 Å². The summed E-state index contributed by atoms with van der Waals surface area (Å²) in [7, 11) is 0. The van der Waals surface area contributed by atoms with Crippen molar-refractivity contribution in [3.8, 4) is 0 Å². The fraction of sp³-hybridized carbons (Fsp3) is 0.750. The predicted molar refractivity (Wildman–Crippen MR) is 126 cm³/mol. The zero-order valence-corrected chi connectivity index (χ0v) is 20.4. The van der Waals surface area contributed by atoms with Crippen LogP contribution in [0.4, 0.5) is 0 Å². The second-order valence-electron chi connectivity index (χ2n) is 7.50. The van der Waals surface area contributed by atoms with Crippen molar-refractivity contribution in [3.63, 3.8) is 0 Å². The van der Waals surface area contributed by atoms with E-state index in [1.54, 1.807) is 6.92 Å². The molecule has 1 fully saturated rings. The van der Waals surface area contributed by atoms with Crippen molar-refractivity contribution in [2.24, 2.45) is 4.99 Å². The molecule has 0 aromatic carbocycles. The Kier molecular flexibility index (Phi) is 10.8. The van der Waals surface area contributed by atoms with Crippen LogP contribution in [-0.2, 0) is 5.60 Å². The van der Waals surface area contributed by atoms with Gasteiger partial charge in [0, 0.05) is 51.4 Å². The number of likely N-dealkylation sites (N-methyl/N-ethyl adjacent to an activating group) is 1. The third kappa shape index (κ3) is 7.53. The lowest BCUT2D eigenvalue weighted by atomic mass is 9.96. The number of piperazine rings is 1. The minimum Gasteiger partial charge on any atom is -0.466 e. The van der Waals surface area contributed by atoms with E-state index < -0.39 is 5.60 Å². The molecular formula is C20H38IN5O2. The largest absolute Gasteiger partial charge is 0.466 e. The predicted octanol–water partition coefficient (Wildman–Crippen LogP) is 1.91. The first kappa shape index (κ1) is 25.2. The van der Waals surface area contributed by atoms with Gasteiger partial charge in [-0.25, -0.2) is 4.99 Å². The molecule has 1 aromatic heterocycles. The maximum absolute atomic E-state index is 10.8. The first-order chi connectivity index (χ1) is 12.9. The first-order valence-corrected chi connectivity index (χ1v) is 10.1. The second kappa shape index (κ2) is 12.0. The van der Waals surface area contributed by atoms with Crippen LogP contribution >= 0.6 is 24.0 Å². The van der Waals surface area contributed by atoms with Gasteiger partial charge in [-0.1, -0.05) is 6.92 Å². The summed E-state index contributed by atoms with van der Waals surface area (Å²) in [5.74, 6) is 2.29. The van der Waals surface area contributed by atoms with Crippen LogP contribution in [0.15, 0.2) is 15.5 Å². The van der Waals surface area contributed by atoms with E-state index in [4.69, 9.17) is 4.42 Å². The molecule has 0 aliphatic carbocycles. The number of halogens is 1. The summed E-state index contributed by atoms with van der Waals surface area (Å²) in [5.41, 5.74) is -0.255. The molecule has 162 valence electrons. The van der Waals surface area contributed by atoms with Crippen molar-refractivity contribution in [1.29, 1.82) is 0 Å². The van der Waals surface area contributed by atoms with Crippen LogP contribution in [0, 0.1) is 13.8 Å². The van der Waals surface area contributed by atoms with Crippen LogP contribution in [0.2, 0.25) is 0 Å². The van der Waals surface area contributed by atoms with Gasteiger partial charge in [-0.2, -0.15) is 0 Å². The average molecular weight is 507 g/mol. The molecule has 1 aromatic rings. The Bertz CT molecular complexity index is 610. The van der Waals surface area contributed by atoms with Crippen LogP contribution in [-0.4, -0.2) is 79.8 Å². The lowest BCUT2D eigenvalue weighted by Crippen LogP contribution is -2.49. The molecule has 1 aliphatic rings. The molecule has 1 saturated heterocycles. The summed E-state index contributed by atoms with van der Waals surface area (Å²) in [6.07, 6.45) is 0. The number of aliphatic hydroxyl groups is 1. The number of guanidine groups is 1. The van der Waals surface area contributed by atoms with Gasteiger partial charge in [-0.15, -0.1) is 24.0 Å². The molecule has 1 unspecified atom stereocenters. The third-order valence-electron chi connectivity index (χ3n) is 5.14. The van der Waals surface area contributed by atoms with Crippen molar-refractivity contribution < 1.29 is 9.52 Å². The molecule has 8 heteroatoms. The van der Waals surface area contributed by atoms with E-state index in [0.717, 1.165) is 75.4 Å². The Hall–Kier alpha value is -0.840. The van der Waals surface area contributed by atoms with Crippen molar-refractivity contribution in [1.82, 2.24) is 20.4 Å². The number of hydrogen-bond donors (Lipinski definition) is 3. The van der Waals surface area contributed by atoms with E-state index in [0.29, 0.717) is 0 Å². The summed E-state index contributed by atoms with van der Waals surface area (Å²) in [4.78, 5) is 9.56. The summed E-state index contributed by atoms with van der Waals surface area (Å²) in [6.45, 7) is 18.4. The van der Waals surface area contributed by atoms with E-state index in [1.165, 1.54) is 0 Å². The van der Waals surface area contributed by atoms with Crippen LogP contribution < -0.4 is 10.6 Å². The smallest absolute Gasteiger partial charge is 0.191 e. The molecule has 0 spiro atoms.